The quantitative estimate of drug-likeness (QED) is 0.891. The summed E-state index contributed by atoms with van der Waals surface area (Å²) >= 11 is 0. The van der Waals surface area contributed by atoms with Gasteiger partial charge in [0, 0.05) is 30.1 Å². The number of pyridine rings is 2. The summed E-state index contributed by atoms with van der Waals surface area (Å²) < 4.78 is 0. The first-order chi connectivity index (χ1) is 9.31. The lowest BCUT2D eigenvalue weighted by atomic mass is 10.2. The summed E-state index contributed by atoms with van der Waals surface area (Å²) in [5.74, 6) is 0.935. The Morgan fingerprint density at radius 3 is 2.84 bits per heavy atom. The number of hydrogen-bond acceptors (Lipinski definition) is 4. The zero-order valence-corrected chi connectivity index (χ0v) is 10.7. The molecule has 0 atom stereocenters. The van der Waals surface area contributed by atoms with E-state index in [1.807, 2.05) is 43.6 Å². The molecule has 3 heterocycles. The summed E-state index contributed by atoms with van der Waals surface area (Å²) in [5, 5.41) is 3.28. The lowest BCUT2D eigenvalue weighted by Crippen LogP contribution is -2.08. The van der Waals surface area contributed by atoms with Gasteiger partial charge in [-0.3, -0.25) is 9.97 Å². The molecule has 3 rings (SSSR count). The second kappa shape index (κ2) is 5.02. The van der Waals surface area contributed by atoms with Gasteiger partial charge in [0.15, 0.2) is 0 Å². The van der Waals surface area contributed by atoms with E-state index in [1.54, 1.807) is 6.20 Å². The Labute approximate surface area is 112 Å². The zero-order valence-electron chi connectivity index (χ0n) is 10.7. The number of amidine groups is 1. The number of hydrogen-bond donors (Lipinski definition) is 1. The maximum atomic E-state index is 4.57. The molecule has 4 heteroatoms. The van der Waals surface area contributed by atoms with Crippen LogP contribution in [0, 0.1) is 6.92 Å². The fraction of sp³-hybridized carbons (Fsp3) is 0.133. The van der Waals surface area contributed by atoms with Gasteiger partial charge in [0.25, 0.3) is 0 Å². The molecule has 2 aromatic heterocycles. The fourth-order valence-corrected chi connectivity index (χ4v) is 1.91. The Morgan fingerprint density at radius 2 is 2.11 bits per heavy atom. The zero-order chi connectivity index (χ0) is 13.1. The van der Waals surface area contributed by atoms with Gasteiger partial charge in [-0.2, -0.15) is 0 Å². The smallest absolute Gasteiger partial charge is 0.111 e. The van der Waals surface area contributed by atoms with Crippen molar-refractivity contribution in [1.82, 2.24) is 9.97 Å². The Bertz CT molecular complexity index is 627. The Balaban J connectivity index is 1.74. The minimum Gasteiger partial charge on any atom is -0.342 e. The molecule has 0 saturated heterocycles. The third-order valence-corrected chi connectivity index (χ3v) is 2.90. The van der Waals surface area contributed by atoms with Crippen LogP contribution in [-0.4, -0.2) is 15.8 Å². The average molecular weight is 250 g/mol. The maximum Gasteiger partial charge on any atom is 0.111 e. The van der Waals surface area contributed by atoms with E-state index in [-0.39, 0.29) is 0 Å². The van der Waals surface area contributed by atoms with E-state index in [0.717, 1.165) is 34.9 Å². The molecule has 0 aliphatic carbocycles. The van der Waals surface area contributed by atoms with Crippen LogP contribution < -0.4 is 5.32 Å². The molecule has 1 aliphatic rings. The summed E-state index contributed by atoms with van der Waals surface area (Å²) in [4.78, 5) is 12.9. The van der Waals surface area contributed by atoms with Crippen LogP contribution in [-0.2, 0) is 0 Å². The number of aromatic nitrogens is 2. The normalized spacial score (nSPS) is 13.9. The molecular weight excluding hydrogens is 236 g/mol. The van der Waals surface area contributed by atoms with Crippen molar-refractivity contribution in [3.8, 4) is 0 Å². The van der Waals surface area contributed by atoms with Crippen LogP contribution in [0.5, 0.6) is 0 Å². The molecule has 0 amide bonds. The van der Waals surface area contributed by atoms with Gasteiger partial charge >= 0.3 is 0 Å². The largest absolute Gasteiger partial charge is 0.342 e. The van der Waals surface area contributed by atoms with Crippen LogP contribution >= 0.6 is 0 Å². The van der Waals surface area contributed by atoms with Crippen molar-refractivity contribution in [3.63, 3.8) is 0 Å². The second-order valence-electron chi connectivity index (χ2n) is 4.41. The van der Waals surface area contributed by atoms with Crippen molar-refractivity contribution < 1.29 is 0 Å². The van der Waals surface area contributed by atoms with Crippen LogP contribution in [0.1, 0.15) is 17.7 Å². The van der Waals surface area contributed by atoms with Crippen molar-refractivity contribution in [2.24, 2.45) is 4.99 Å². The minimum atomic E-state index is 0.804. The third kappa shape index (κ3) is 2.68. The monoisotopic (exact) mass is 250 g/mol. The first-order valence-corrected chi connectivity index (χ1v) is 6.19. The van der Waals surface area contributed by atoms with E-state index in [2.05, 4.69) is 26.4 Å². The predicted octanol–water partition coefficient (Wildman–Crippen LogP) is 3.04. The molecule has 1 aliphatic heterocycles. The standard InChI is InChI=1S/C15H14N4/c1-11-4-5-13(10-17-11)18-15-7-6-14(19-15)12-3-2-8-16-9-12/h2-6,8-10H,7H2,1H3,(H,18,19). The molecule has 0 fully saturated rings. The van der Waals surface area contributed by atoms with Gasteiger partial charge in [0.05, 0.1) is 17.6 Å². The van der Waals surface area contributed by atoms with Crippen molar-refractivity contribution in [1.29, 1.82) is 0 Å². The van der Waals surface area contributed by atoms with Gasteiger partial charge in [-0.15, -0.1) is 0 Å². The van der Waals surface area contributed by atoms with Gasteiger partial charge in [0.1, 0.15) is 5.84 Å². The van der Waals surface area contributed by atoms with E-state index in [1.165, 1.54) is 0 Å². The molecule has 19 heavy (non-hydrogen) atoms. The van der Waals surface area contributed by atoms with E-state index in [9.17, 15) is 0 Å². The van der Waals surface area contributed by atoms with Gasteiger partial charge in [-0.1, -0.05) is 6.08 Å². The topological polar surface area (TPSA) is 50.2 Å². The lowest BCUT2D eigenvalue weighted by molar-refractivity contribution is 1.20. The summed E-state index contributed by atoms with van der Waals surface area (Å²) in [6.07, 6.45) is 8.31. The summed E-state index contributed by atoms with van der Waals surface area (Å²) in [5.41, 5.74) is 3.98. The summed E-state index contributed by atoms with van der Waals surface area (Å²) in [6.45, 7) is 1.97. The van der Waals surface area contributed by atoms with Gasteiger partial charge < -0.3 is 5.32 Å². The van der Waals surface area contributed by atoms with E-state index >= 15 is 0 Å². The molecule has 0 spiro atoms. The summed E-state index contributed by atoms with van der Waals surface area (Å²) in [7, 11) is 0. The van der Waals surface area contributed by atoms with Gasteiger partial charge in [0.2, 0.25) is 0 Å². The molecule has 2 aromatic rings. The van der Waals surface area contributed by atoms with Crippen LogP contribution in [0.3, 0.4) is 0 Å². The molecular formula is C15H14N4. The highest BCUT2D eigenvalue weighted by atomic mass is 15.0. The number of anilines is 1. The SMILES string of the molecule is Cc1ccc(NC2=NC(c3cccnc3)=CC2)cn1. The number of nitrogens with zero attached hydrogens (tertiary/aromatic N) is 3. The molecule has 1 N–H and O–H groups in total. The van der Waals surface area contributed by atoms with Crippen LogP contribution in [0.2, 0.25) is 0 Å². The second-order valence-corrected chi connectivity index (χ2v) is 4.41. The van der Waals surface area contributed by atoms with E-state index < -0.39 is 0 Å². The lowest BCUT2D eigenvalue weighted by Gasteiger charge is -2.05. The number of aryl methyl sites for hydroxylation is 1. The fourth-order valence-electron chi connectivity index (χ4n) is 1.91. The van der Waals surface area contributed by atoms with Crippen molar-refractivity contribution >= 4 is 17.2 Å². The number of aliphatic imine (C=N–C) groups is 1. The van der Waals surface area contributed by atoms with E-state index in [0.29, 0.717) is 0 Å². The third-order valence-electron chi connectivity index (χ3n) is 2.90. The maximum absolute atomic E-state index is 4.57. The van der Waals surface area contributed by atoms with Crippen LogP contribution in [0.15, 0.2) is 53.9 Å². The Morgan fingerprint density at radius 1 is 1.16 bits per heavy atom. The average Bonchev–Trinajstić information content (AvgIpc) is 2.91. The molecule has 4 nitrogen and oxygen atoms in total. The molecule has 0 saturated carbocycles. The van der Waals surface area contributed by atoms with Gasteiger partial charge in [-0.25, -0.2) is 4.99 Å². The van der Waals surface area contributed by atoms with Crippen LogP contribution in [0.4, 0.5) is 5.69 Å². The minimum absolute atomic E-state index is 0.804. The number of rotatable bonds is 2. The van der Waals surface area contributed by atoms with Crippen LogP contribution in [0.25, 0.3) is 5.70 Å². The first-order valence-electron chi connectivity index (χ1n) is 6.19. The molecule has 0 bridgehead atoms. The molecule has 0 radical (unpaired) electrons. The number of nitrogens with one attached hydrogen (secondary N) is 1. The Hall–Kier alpha value is -2.49. The van der Waals surface area contributed by atoms with Gasteiger partial charge in [-0.05, 0) is 31.2 Å². The first kappa shape index (κ1) is 11.6. The highest BCUT2D eigenvalue weighted by Crippen LogP contribution is 2.22. The molecule has 0 unspecified atom stereocenters. The highest BCUT2D eigenvalue weighted by Gasteiger charge is 2.10. The molecule has 0 aromatic carbocycles. The highest BCUT2D eigenvalue weighted by molar-refractivity contribution is 6.02. The molecule has 94 valence electrons. The predicted molar refractivity (Wildman–Crippen MR) is 76.9 cm³/mol. The summed E-state index contributed by atoms with van der Waals surface area (Å²) in [6, 6.07) is 7.92. The Kier molecular flexibility index (Phi) is 3.06. The van der Waals surface area contributed by atoms with E-state index in [4.69, 9.17) is 0 Å². The van der Waals surface area contributed by atoms with Crippen molar-refractivity contribution in [2.45, 2.75) is 13.3 Å². The van der Waals surface area contributed by atoms with Crippen molar-refractivity contribution in [3.05, 3.63) is 60.2 Å². The van der Waals surface area contributed by atoms with Crippen molar-refractivity contribution in [2.75, 3.05) is 5.32 Å².